The van der Waals surface area contributed by atoms with Gasteiger partial charge in [0, 0.05) is 28.3 Å². The second-order valence-electron chi connectivity index (χ2n) is 6.78. The molecule has 1 aliphatic rings. The molecule has 1 saturated heterocycles. The predicted molar refractivity (Wildman–Crippen MR) is 127 cm³/mol. The van der Waals surface area contributed by atoms with Crippen molar-refractivity contribution in [1.29, 1.82) is 0 Å². The van der Waals surface area contributed by atoms with E-state index in [1.54, 1.807) is 11.3 Å². The molecule has 0 radical (unpaired) electrons. The molecule has 1 fully saturated rings. The first-order valence-corrected chi connectivity index (χ1v) is 10.4. The average molecular weight is 515 g/mol. The van der Waals surface area contributed by atoms with Gasteiger partial charge < -0.3 is 20.1 Å². The molecule has 5 nitrogen and oxygen atoms in total. The summed E-state index contributed by atoms with van der Waals surface area (Å²) in [5.41, 5.74) is 2.28. The van der Waals surface area contributed by atoms with Crippen molar-refractivity contribution in [3.05, 3.63) is 51.2 Å². The summed E-state index contributed by atoms with van der Waals surface area (Å²) in [5, 5.41) is 6.73. The summed E-state index contributed by atoms with van der Waals surface area (Å²) in [7, 11) is 0. The molecule has 1 aromatic heterocycles. The number of benzene rings is 1. The first-order valence-electron chi connectivity index (χ1n) is 9.55. The zero-order valence-electron chi connectivity index (χ0n) is 16.8. The molecule has 1 aromatic carbocycles. The molecule has 0 spiro atoms. The van der Waals surface area contributed by atoms with Crippen molar-refractivity contribution in [2.75, 3.05) is 19.8 Å². The number of guanidine groups is 1. The minimum Gasteiger partial charge on any atom is -0.488 e. The van der Waals surface area contributed by atoms with Crippen LogP contribution in [0.15, 0.2) is 35.3 Å². The number of rotatable bonds is 7. The lowest BCUT2D eigenvalue weighted by Crippen LogP contribution is -2.36. The molecule has 0 aliphatic carbocycles. The van der Waals surface area contributed by atoms with Crippen LogP contribution in [0.2, 0.25) is 0 Å². The number of nitrogens with zero attached hydrogens (tertiary/aromatic N) is 1. The summed E-state index contributed by atoms with van der Waals surface area (Å²) in [6, 6.07) is 10.6. The molecule has 2 heterocycles. The third-order valence-electron chi connectivity index (χ3n) is 4.38. The van der Waals surface area contributed by atoms with E-state index in [9.17, 15) is 0 Å². The van der Waals surface area contributed by atoms with Gasteiger partial charge in [0.05, 0.1) is 26.3 Å². The lowest BCUT2D eigenvalue weighted by atomic mass is 10.1. The minimum absolute atomic E-state index is 0. The molecule has 7 heteroatoms. The van der Waals surface area contributed by atoms with Gasteiger partial charge in [-0.2, -0.15) is 0 Å². The van der Waals surface area contributed by atoms with E-state index in [0.29, 0.717) is 13.2 Å². The second-order valence-corrected chi connectivity index (χ2v) is 8.15. The number of hydrogen-bond acceptors (Lipinski definition) is 4. The summed E-state index contributed by atoms with van der Waals surface area (Å²) in [6.45, 7) is 9.91. The van der Waals surface area contributed by atoms with Gasteiger partial charge in [-0.1, -0.05) is 12.1 Å². The lowest BCUT2D eigenvalue weighted by molar-refractivity contribution is 0.140. The van der Waals surface area contributed by atoms with E-state index < -0.39 is 0 Å². The second kappa shape index (κ2) is 11.6. The fourth-order valence-electron chi connectivity index (χ4n) is 2.94. The highest BCUT2D eigenvalue weighted by atomic mass is 127. The van der Waals surface area contributed by atoms with Gasteiger partial charge in [0.2, 0.25) is 0 Å². The lowest BCUT2D eigenvalue weighted by Gasteiger charge is -2.16. The van der Waals surface area contributed by atoms with Crippen molar-refractivity contribution < 1.29 is 9.47 Å². The third kappa shape index (κ3) is 6.93. The number of aliphatic imine (C=N–C) groups is 1. The zero-order valence-corrected chi connectivity index (χ0v) is 19.9. The van der Waals surface area contributed by atoms with Gasteiger partial charge in [-0.3, -0.25) is 0 Å². The monoisotopic (exact) mass is 515 g/mol. The Labute approximate surface area is 189 Å². The highest BCUT2D eigenvalue weighted by Crippen LogP contribution is 2.24. The normalized spacial score (nSPS) is 16.5. The number of nitrogens with one attached hydrogen (secondary N) is 2. The van der Waals surface area contributed by atoms with Gasteiger partial charge in [-0.05, 0) is 44.5 Å². The number of ether oxygens (including phenoxy) is 2. The van der Waals surface area contributed by atoms with E-state index in [2.05, 4.69) is 61.7 Å². The SMILES string of the molecule is CCNC(=NCc1ccc(C)cc1OC1CCOC1)NCc1ccc(C)s1.I. The van der Waals surface area contributed by atoms with E-state index in [1.165, 1.54) is 15.3 Å². The highest BCUT2D eigenvalue weighted by Gasteiger charge is 2.18. The first kappa shape index (κ1) is 23.0. The number of aryl methyl sites for hydroxylation is 2. The van der Waals surface area contributed by atoms with Crippen LogP contribution in [0.5, 0.6) is 5.75 Å². The molecule has 3 rings (SSSR count). The zero-order chi connectivity index (χ0) is 19.1. The molecular formula is C21H30IN3O2S. The molecule has 0 amide bonds. The summed E-state index contributed by atoms with van der Waals surface area (Å²) in [5.74, 6) is 1.73. The third-order valence-corrected chi connectivity index (χ3v) is 5.38. The van der Waals surface area contributed by atoms with E-state index in [0.717, 1.165) is 43.4 Å². The van der Waals surface area contributed by atoms with Gasteiger partial charge in [0.1, 0.15) is 11.9 Å². The molecule has 1 atom stereocenters. The number of halogens is 1. The number of hydrogen-bond donors (Lipinski definition) is 2. The Bertz CT molecular complexity index is 773. The van der Waals surface area contributed by atoms with Crippen molar-refractivity contribution in [1.82, 2.24) is 10.6 Å². The summed E-state index contributed by atoms with van der Waals surface area (Å²) >= 11 is 1.81. The molecule has 1 unspecified atom stereocenters. The fourth-order valence-corrected chi connectivity index (χ4v) is 3.77. The molecular weight excluding hydrogens is 485 g/mol. The van der Waals surface area contributed by atoms with E-state index in [4.69, 9.17) is 14.5 Å². The van der Waals surface area contributed by atoms with Crippen molar-refractivity contribution in [3.8, 4) is 5.75 Å². The van der Waals surface area contributed by atoms with Crippen LogP contribution < -0.4 is 15.4 Å². The Hall–Kier alpha value is -1.32. The van der Waals surface area contributed by atoms with Crippen LogP contribution in [0.1, 0.15) is 34.2 Å². The summed E-state index contributed by atoms with van der Waals surface area (Å²) in [4.78, 5) is 7.39. The largest absolute Gasteiger partial charge is 0.488 e. The van der Waals surface area contributed by atoms with Crippen molar-refractivity contribution >= 4 is 41.3 Å². The molecule has 2 N–H and O–H groups in total. The molecule has 28 heavy (non-hydrogen) atoms. The van der Waals surface area contributed by atoms with Crippen LogP contribution in [-0.4, -0.2) is 31.8 Å². The Balaban J connectivity index is 0.00000280. The van der Waals surface area contributed by atoms with Crippen LogP contribution in [-0.2, 0) is 17.8 Å². The van der Waals surface area contributed by atoms with E-state index in [1.807, 2.05) is 0 Å². The van der Waals surface area contributed by atoms with Gasteiger partial charge in [0.15, 0.2) is 5.96 Å². The van der Waals surface area contributed by atoms with E-state index in [-0.39, 0.29) is 30.1 Å². The predicted octanol–water partition coefficient (Wildman–Crippen LogP) is 4.41. The van der Waals surface area contributed by atoms with Crippen molar-refractivity contribution in [2.24, 2.45) is 4.99 Å². The number of thiophene rings is 1. The van der Waals surface area contributed by atoms with Crippen LogP contribution in [0, 0.1) is 13.8 Å². The molecule has 0 bridgehead atoms. The van der Waals surface area contributed by atoms with Crippen LogP contribution in [0.25, 0.3) is 0 Å². The Morgan fingerprint density at radius 3 is 2.79 bits per heavy atom. The first-order chi connectivity index (χ1) is 13.1. The van der Waals surface area contributed by atoms with Gasteiger partial charge in [-0.15, -0.1) is 35.3 Å². The molecule has 0 saturated carbocycles. The topological polar surface area (TPSA) is 54.9 Å². The van der Waals surface area contributed by atoms with Crippen LogP contribution >= 0.6 is 35.3 Å². The standard InChI is InChI=1S/C21H29N3O2S.HI/c1-4-22-21(24-13-19-8-6-16(3)27-19)23-12-17-7-5-15(2)11-20(17)26-18-9-10-25-14-18;/h5-8,11,18H,4,9-10,12-14H2,1-3H3,(H2,22,23,24);1H. The van der Waals surface area contributed by atoms with Gasteiger partial charge >= 0.3 is 0 Å². The average Bonchev–Trinajstić information content (AvgIpc) is 3.30. The molecule has 2 aromatic rings. The molecule has 1 aliphatic heterocycles. The highest BCUT2D eigenvalue weighted by molar-refractivity contribution is 14.0. The summed E-state index contributed by atoms with van der Waals surface area (Å²) in [6.07, 6.45) is 1.09. The maximum absolute atomic E-state index is 6.18. The van der Waals surface area contributed by atoms with E-state index >= 15 is 0 Å². The Morgan fingerprint density at radius 2 is 2.11 bits per heavy atom. The maximum atomic E-state index is 6.18. The minimum atomic E-state index is 0. The van der Waals surface area contributed by atoms with Crippen molar-refractivity contribution in [3.63, 3.8) is 0 Å². The summed E-state index contributed by atoms with van der Waals surface area (Å²) < 4.78 is 11.6. The van der Waals surface area contributed by atoms with Crippen LogP contribution in [0.3, 0.4) is 0 Å². The quantitative estimate of drug-likeness (QED) is 0.326. The van der Waals surface area contributed by atoms with Gasteiger partial charge in [-0.25, -0.2) is 4.99 Å². The maximum Gasteiger partial charge on any atom is 0.191 e. The smallest absolute Gasteiger partial charge is 0.191 e. The Kier molecular flexibility index (Phi) is 9.53. The van der Waals surface area contributed by atoms with Crippen LogP contribution in [0.4, 0.5) is 0 Å². The Morgan fingerprint density at radius 1 is 1.25 bits per heavy atom. The molecule has 154 valence electrons. The fraction of sp³-hybridized carbons (Fsp3) is 0.476. The van der Waals surface area contributed by atoms with Crippen molar-refractivity contribution in [2.45, 2.75) is 46.4 Å². The van der Waals surface area contributed by atoms with Gasteiger partial charge in [0.25, 0.3) is 0 Å².